The van der Waals surface area contributed by atoms with E-state index in [4.69, 9.17) is 33.2 Å². The Labute approximate surface area is 318 Å². The van der Waals surface area contributed by atoms with E-state index in [-0.39, 0.29) is 49.4 Å². The molecule has 2 aliphatic rings. The molecule has 3 aromatic rings. The molecule has 3 aromatic carbocycles. The second kappa shape index (κ2) is 20.4. The van der Waals surface area contributed by atoms with Crippen LogP contribution in [0.4, 0.5) is 0 Å². The van der Waals surface area contributed by atoms with Crippen LogP contribution in [0.15, 0.2) is 96.1 Å². The van der Waals surface area contributed by atoms with Crippen LogP contribution in [0.25, 0.3) is 10.4 Å². The largest absolute Gasteiger partial charge is 1.00 e. The third-order valence-electron chi connectivity index (χ3n) is 8.28. The number of aliphatic hydroxyl groups is 2. The molecule has 0 unspecified atom stereocenters. The smallest absolute Gasteiger partial charge is 0.547 e. The van der Waals surface area contributed by atoms with Crippen LogP contribution in [-0.4, -0.2) is 90.2 Å². The second-order valence-electron chi connectivity index (χ2n) is 12.2. The van der Waals surface area contributed by atoms with E-state index in [2.05, 4.69) is 10.0 Å². The molecule has 0 amide bonds. The first kappa shape index (κ1) is 40.8. The molecule has 51 heavy (non-hydrogen) atoms. The van der Waals surface area contributed by atoms with Gasteiger partial charge in [-0.05, 0) is 36.1 Å². The zero-order chi connectivity index (χ0) is 35.5. The summed E-state index contributed by atoms with van der Waals surface area (Å²) in [4.78, 5) is 15.6. The van der Waals surface area contributed by atoms with Gasteiger partial charge in [0.1, 0.15) is 48.8 Å². The van der Waals surface area contributed by atoms with E-state index in [1.165, 1.54) is 0 Å². The Bertz CT molecular complexity index is 1520. The Kier molecular flexibility index (Phi) is 16.3. The van der Waals surface area contributed by atoms with Crippen molar-refractivity contribution in [2.24, 2.45) is 5.11 Å². The molecule has 2 N–H and O–H groups in total. The second-order valence-corrected chi connectivity index (χ2v) is 12.2. The Morgan fingerprint density at radius 1 is 0.804 bits per heavy atom. The molecule has 0 bridgehead atoms. The average molecular weight is 716 g/mol. The summed E-state index contributed by atoms with van der Waals surface area (Å²) in [5, 5.41) is 38.5. The molecule has 2 aliphatic heterocycles. The monoisotopic (exact) mass is 715 g/mol. The zero-order valence-electron chi connectivity index (χ0n) is 28.7. The summed E-state index contributed by atoms with van der Waals surface area (Å²) < 4.78 is 42.6. The van der Waals surface area contributed by atoms with Gasteiger partial charge in [-0.25, -0.2) is 0 Å². The number of carboxylic acid groups (broad SMARTS) is 1. The third kappa shape index (κ3) is 11.0. The number of carbonyl (C=O) groups excluding carboxylic acids is 1. The molecule has 14 nitrogen and oxygen atoms in total. The maximum atomic E-state index is 12.6. The van der Waals surface area contributed by atoms with Crippen LogP contribution in [0.3, 0.4) is 0 Å². The first-order valence-electron chi connectivity index (χ1n) is 16.4. The van der Waals surface area contributed by atoms with E-state index in [9.17, 15) is 25.6 Å². The number of carboxylic acids is 1. The van der Waals surface area contributed by atoms with Crippen LogP contribution in [0.2, 0.25) is 0 Å². The standard InChI is InChI=1S/C36H43N3O11.Na/c1-22(2)47-36-28(41)31(46-21-25-16-10-5-11-17-25)32(33(50-36)34(42)43)49-35-27(38-39-37)30(45-20-24-14-8-4-9-15-24)29(26(18-40)48-35)44-19-23-12-6-3-7-13-23;/h3-17,22,26-33,35-36,40-41H,18-21H2,1-2H3,(H,42,43);/q;+1/p-1/t26-,27-,28-,29-,30-,31-,32+,33-,35-,36-;/m1./s1. The minimum absolute atomic E-state index is 0. The number of aliphatic carboxylic acids is 1. The quantitative estimate of drug-likeness (QED) is 0.0863. The fourth-order valence-corrected chi connectivity index (χ4v) is 5.92. The SMILES string of the molecule is CC(C)O[C@@H]1O[C@@H](C(=O)[O-])[C@@H](O[C@H]2O[C@H](CO)[C@@H](OCc3ccccc3)[C@H](OCc3ccccc3)[C@H]2N=[N+]=[N-])[C@H](OCc2ccccc2)[C@H]1O.[Na+]. The minimum Gasteiger partial charge on any atom is -0.547 e. The molecule has 2 saturated heterocycles. The molecule has 0 radical (unpaired) electrons. The number of nitrogens with zero attached hydrogens (tertiary/aromatic N) is 3. The van der Waals surface area contributed by atoms with Gasteiger partial charge in [0.05, 0.1) is 38.5 Å². The molecule has 0 spiro atoms. The Morgan fingerprint density at radius 3 is 1.75 bits per heavy atom. The van der Waals surface area contributed by atoms with Gasteiger partial charge in [-0.3, -0.25) is 0 Å². The molecule has 0 aliphatic carbocycles. The topological polar surface area (TPSA) is 194 Å². The van der Waals surface area contributed by atoms with Crippen molar-refractivity contribution >= 4 is 5.97 Å². The number of carbonyl (C=O) groups is 1. The van der Waals surface area contributed by atoms with Gasteiger partial charge in [0.2, 0.25) is 0 Å². The van der Waals surface area contributed by atoms with Gasteiger partial charge in [0.15, 0.2) is 12.6 Å². The van der Waals surface area contributed by atoms with Crippen molar-refractivity contribution in [2.75, 3.05) is 6.61 Å². The van der Waals surface area contributed by atoms with Crippen molar-refractivity contribution < 1.29 is 82.8 Å². The van der Waals surface area contributed by atoms with Gasteiger partial charge in [-0.15, -0.1) is 0 Å². The first-order valence-corrected chi connectivity index (χ1v) is 16.4. The first-order chi connectivity index (χ1) is 24.3. The summed E-state index contributed by atoms with van der Waals surface area (Å²) in [5.41, 5.74) is 12.1. The van der Waals surface area contributed by atoms with Crippen molar-refractivity contribution in [2.45, 2.75) is 101 Å². The van der Waals surface area contributed by atoms with Crippen molar-refractivity contribution in [3.8, 4) is 0 Å². The maximum absolute atomic E-state index is 12.6. The van der Waals surface area contributed by atoms with E-state index in [0.29, 0.717) is 0 Å². The zero-order valence-corrected chi connectivity index (χ0v) is 30.7. The molecule has 5 rings (SSSR count). The molecule has 2 heterocycles. The summed E-state index contributed by atoms with van der Waals surface area (Å²) in [6, 6.07) is 26.4. The number of rotatable bonds is 16. The minimum atomic E-state index is -1.82. The van der Waals surface area contributed by atoms with Gasteiger partial charge in [-0.2, -0.15) is 0 Å². The fourth-order valence-electron chi connectivity index (χ4n) is 5.92. The molecular weight excluding hydrogens is 673 g/mol. The van der Waals surface area contributed by atoms with Crippen LogP contribution in [0.1, 0.15) is 30.5 Å². The number of ether oxygens (including phenoxy) is 7. The maximum Gasteiger partial charge on any atom is 1.00 e. The Balaban J connectivity index is 0.00000583. The van der Waals surface area contributed by atoms with E-state index in [1.807, 2.05) is 78.9 Å². The Morgan fingerprint density at radius 2 is 1.29 bits per heavy atom. The number of hydrogen-bond acceptors (Lipinski definition) is 12. The van der Waals surface area contributed by atoms with E-state index >= 15 is 0 Å². The number of benzene rings is 3. The van der Waals surface area contributed by atoms with E-state index < -0.39 is 80.0 Å². The van der Waals surface area contributed by atoms with Crippen molar-refractivity contribution in [3.63, 3.8) is 0 Å². The average Bonchev–Trinajstić information content (AvgIpc) is 3.12. The molecule has 268 valence electrons. The molecular formula is C36H42N3NaO11. The van der Waals surface area contributed by atoms with E-state index in [0.717, 1.165) is 16.7 Å². The number of aliphatic hydroxyl groups excluding tert-OH is 2. The number of azide groups is 1. The molecule has 0 aromatic heterocycles. The van der Waals surface area contributed by atoms with Gasteiger partial charge < -0.3 is 53.3 Å². The van der Waals surface area contributed by atoms with Crippen LogP contribution < -0.4 is 34.7 Å². The van der Waals surface area contributed by atoms with Crippen LogP contribution >= 0.6 is 0 Å². The van der Waals surface area contributed by atoms with Crippen LogP contribution in [-0.2, 0) is 57.8 Å². The van der Waals surface area contributed by atoms with Gasteiger partial charge in [0.25, 0.3) is 0 Å². The molecule has 2 fully saturated rings. The Hall–Kier alpha value is -2.92. The molecule has 10 atom stereocenters. The molecule has 15 heteroatoms. The predicted octanol–water partition coefficient (Wildman–Crippen LogP) is -0.211. The predicted molar refractivity (Wildman–Crippen MR) is 175 cm³/mol. The van der Waals surface area contributed by atoms with E-state index in [1.54, 1.807) is 26.0 Å². The van der Waals surface area contributed by atoms with Crippen LogP contribution in [0, 0.1) is 0 Å². The van der Waals surface area contributed by atoms with Crippen LogP contribution in [0.5, 0.6) is 0 Å². The third-order valence-corrected chi connectivity index (χ3v) is 8.28. The summed E-state index contributed by atoms with van der Waals surface area (Å²) in [5.74, 6) is -1.66. The number of hydrogen-bond donors (Lipinski definition) is 2. The fraction of sp³-hybridized carbons (Fsp3) is 0.472. The van der Waals surface area contributed by atoms with Gasteiger partial charge >= 0.3 is 29.6 Å². The summed E-state index contributed by atoms with van der Waals surface area (Å²) in [7, 11) is 0. The van der Waals surface area contributed by atoms with Crippen molar-refractivity contribution in [1.29, 1.82) is 0 Å². The summed E-state index contributed by atoms with van der Waals surface area (Å²) >= 11 is 0. The van der Waals surface area contributed by atoms with Gasteiger partial charge in [-0.1, -0.05) is 96.1 Å². The normalized spacial score (nSPS) is 29.1. The summed E-state index contributed by atoms with van der Waals surface area (Å²) in [6.07, 6.45) is -12.7. The van der Waals surface area contributed by atoms with Crippen molar-refractivity contribution in [1.82, 2.24) is 0 Å². The molecule has 0 saturated carbocycles. The summed E-state index contributed by atoms with van der Waals surface area (Å²) in [6.45, 7) is 3.01. The van der Waals surface area contributed by atoms with Crippen molar-refractivity contribution in [3.05, 3.63) is 118 Å². The van der Waals surface area contributed by atoms with Gasteiger partial charge in [0, 0.05) is 4.91 Å².